The smallest absolute Gasteiger partial charge is 0.175 e. The summed E-state index contributed by atoms with van der Waals surface area (Å²) in [6.07, 6.45) is 5.04. The summed E-state index contributed by atoms with van der Waals surface area (Å²) in [5.74, 6) is 0.913. The number of hydrogen-bond acceptors (Lipinski definition) is 1. The van der Waals surface area contributed by atoms with Gasteiger partial charge in [0.05, 0.1) is 19.2 Å². The van der Waals surface area contributed by atoms with Gasteiger partial charge in [0.25, 0.3) is 0 Å². The first-order valence-corrected chi connectivity index (χ1v) is 7.70. The first kappa shape index (κ1) is 14.6. The number of nitrogens with two attached hydrogens (primary N) is 1. The van der Waals surface area contributed by atoms with Gasteiger partial charge in [0, 0.05) is 29.1 Å². The van der Waals surface area contributed by atoms with E-state index in [2.05, 4.69) is 46.6 Å². The molecule has 4 nitrogen and oxygen atoms in total. The van der Waals surface area contributed by atoms with Gasteiger partial charge in [0.2, 0.25) is 0 Å². The first-order valence-electron chi connectivity index (χ1n) is 7.70. The molecule has 0 aliphatic carbocycles. The fourth-order valence-electron chi connectivity index (χ4n) is 2.88. The van der Waals surface area contributed by atoms with E-state index in [0.29, 0.717) is 0 Å². The highest BCUT2D eigenvalue weighted by atomic mass is 16.5. The number of aryl methyl sites for hydroxylation is 1. The first-order chi connectivity index (χ1) is 10.8. The molecule has 0 saturated heterocycles. The van der Waals surface area contributed by atoms with Crippen LogP contribution >= 0.6 is 0 Å². The molecule has 0 aliphatic heterocycles. The highest BCUT2D eigenvalue weighted by Gasteiger charge is 2.10. The Morgan fingerprint density at radius 2 is 2.18 bits per heavy atom. The van der Waals surface area contributed by atoms with Gasteiger partial charge in [-0.05, 0) is 36.8 Å². The van der Waals surface area contributed by atoms with Gasteiger partial charge in [-0.3, -0.25) is 0 Å². The molecule has 22 heavy (non-hydrogen) atoms. The van der Waals surface area contributed by atoms with E-state index in [-0.39, 0.29) is 0 Å². The number of hydrogen-bond donors (Lipinski definition) is 2. The number of H-pyrrole nitrogens is 2. The Morgan fingerprint density at radius 3 is 2.95 bits per heavy atom. The molecule has 0 spiro atoms. The average Bonchev–Trinajstić information content (AvgIpc) is 2.87. The number of ether oxygens (including phenoxy) is 1. The number of aromatic nitrogens is 2. The highest BCUT2D eigenvalue weighted by molar-refractivity contribution is 5.86. The molecule has 0 bridgehead atoms. The quantitative estimate of drug-likeness (QED) is 0.667. The summed E-state index contributed by atoms with van der Waals surface area (Å²) in [6, 6.07) is 10.4. The van der Waals surface area contributed by atoms with Crippen molar-refractivity contribution in [2.75, 3.05) is 13.7 Å². The second-order valence-electron chi connectivity index (χ2n) is 5.58. The van der Waals surface area contributed by atoms with Gasteiger partial charge in [-0.2, -0.15) is 0 Å². The Balaban J connectivity index is 1.67. The molecule has 0 atom stereocenters. The minimum atomic E-state index is 0.913. The third kappa shape index (κ3) is 3.12. The minimum absolute atomic E-state index is 0.913. The van der Waals surface area contributed by atoms with Gasteiger partial charge >= 0.3 is 0 Å². The molecule has 0 fully saturated rings. The molecule has 3 rings (SSSR count). The van der Waals surface area contributed by atoms with Crippen molar-refractivity contribution in [3.8, 4) is 5.75 Å². The summed E-state index contributed by atoms with van der Waals surface area (Å²) in [7, 11) is 1.71. The van der Waals surface area contributed by atoms with Crippen molar-refractivity contribution in [2.45, 2.75) is 19.9 Å². The summed E-state index contributed by atoms with van der Waals surface area (Å²) in [6.45, 7) is 4.22. The molecule has 0 saturated carbocycles. The van der Waals surface area contributed by atoms with Crippen LogP contribution < -0.4 is 15.0 Å². The minimum Gasteiger partial charge on any atom is -0.497 e. The molecule has 1 aromatic carbocycles. The van der Waals surface area contributed by atoms with Crippen LogP contribution in [0.15, 0.2) is 42.7 Å². The van der Waals surface area contributed by atoms with E-state index < -0.39 is 0 Å². The molecular formula is C18H23N3O+2. The Kier molecular flexibility index (Phi) is 4.39. The number of benzene rings is 1. The Labute approximate surface area is 130 Å². The average molecular weight is 297 g/mol. The topological polar surface area (TPSA) is 55.8 Å². The normalized spacial score (nSPS) is 11.0. The van der Waals surface area contributed by atoms with E-state index >= 15 is 0 Å². The molecule has 0 amide bonds. The summed E-state index contributed by atoms with van der Waals surface area (Å²) in [5.41, 5.74) is 5.15. The third-order valence-corrected chi connectivity index (χ3v) is 4.08. The number of methoxy groups -OCH3 is 1. The van der Waals surface area contributed by atoms with Gasteiger partial charge in [-0.25, -0.2) is 4.98 Å². The van der Waals surface area contributed by atoms with Crippen molar-refractivity contribution in [1.82, 2.24) is 4.98 Å². The summed E-state index contributed by atoms with van der Waals surface area (Å²) in [5, 5.41) is 3.63. The van der Waals surface area contributed by atoms with Crippen molar-refractivity contribution in [3.05, 3.63) is 59.5 Å². The maximum atomic E-state index is 5.34. The molecule has 4 heteroatoms. The van der Waals surface area contributed by atoms with Gasteiger partial charge in [-0.1, -0.05) is 0 Å². The number of aromatic amines is 2. The summed E-state index contributed by atoms with van der Waals surface area (Å²) in [4.78, 5) is 6.59. The van der Waals surface area contributed by atoms with E-state index in [1.807, 2.05) is 18.3 Å². The predicted octanol–water partition coefficient (Wildman–Crippen LogP) is 1.61. The van der Waals surface area contributed by atoms with Gasteiger partial charge < -0.3 is 15.0 Å². The van der Waals surface area contributed by atoms with Gasteiger partial charge in [0.1, 0.15) is 12.3 Å². The molecule has 0 radical (unpaired) electrons. The largest absolute Gasteiger partial charge is 0.497 e. The fourth-order valence-corrected chi connectivity index (χ4v) is 2.88. The third-order valence-electron chi connectivity index (χ3n) is 4.08. The maximum Gasteiger partial charge on any atom is 0.175 e. The molecule has 114 valence electrons. The van der Waals surface area contributed by atoms with Crippen LogP contribution in [0.5, 0.6) is 5.75 Å². The van der Waals surface area contributed by atoms with Crippen molar-refractivity contribution < 1.29 is 15.0 Å². The number of fused-ring (bicyclic) bond motifs is 1. The van der Waals surface area contributed by atoms with E-state index in [1.54, 1.807) is 7.11 Å². The van der Waals surface area contributed by atoms with E-state index in [1.165, 1.54) is 27.7 Å². The van der Waals surface area contributed by atoms with Crippen molar-refractivity contribution in [1.29, 1.82) is 0 Å². The molecule has 0 aliphatic rings. The molecule has 2 aromatic heterocycles. The number of pyridine rings is 1. The lowest BCUT2D eigenvalue weighted by atomic mass is 10.1. The zero-order valence-corrected chi connectivity index (χ0v) is 13.1. The standard InChI is InChI=1S/C18H21N3O/c1-13-16(7-9-20-12-14-4-3-8-19-11-14)17-10-15(22-2)5-6-18(17)21-13/h3-6,8,10-11,20-21H,7,9,12H2,1-2H3/p+2. The van der Waals surface area contributed by atoms with Gasteiger partial charge in [-0.15, -0.1) is 0 Å². The molecule has 0 unspecified atom stereocenters. The summed E-state index contributed by atoms with van der Waals surface area (Å²) >= 11 is 0. The number of quaternary nitrogens is 1. The molecule has 2 heterocycles. The van der Waals surface area contributed by atoms with Crippen molar-refractivity contribution in [2.24, 2.45) is 0 Å². The van der Waals surface area contributed by atoms with Crippen LogP contribution in [-0.4, -0.2) is 18.6 Å². The van der Waals surface area contributed by atoms with Crippen LogP contribution in [0.25, 0.3) is 10.9 Å². The Hall–Kier alpha value is -2.33. The van der Waals surface area contributed by atoms with Crippen LogP contribution in [0.4, 0.5) is 0 Å². The second-order valence-corrected chi connectivity index (χ2v) is 5.58. The molecule has 4 N–H and O–H groups in total. The number of nitrogens with one attached hydrogen (secondary N) is 2. The van der Waals surface area contributed by atoms with Crippen LogP contribution in [-0.2, 0) is 13.0 Å². The summed E-state index contributed by atoms with van der Waals surface area (Å²) < 4.78 is 5.34. The molecular weight excluding hydrogens is 274 g/mol. The second kappa shape index (κ2) is 6.62. The highest BCUT2D eigenvalue weighted by Crippen LogP contribution is 2.26. The Bertz CT molecular complexity index is 750. The number of rotatable bonds is 6. The van der Waals surface area contributed by atoms with Crippen molar-refractivity contribution >= 4 is 10.9 Å². The maximum absolute atomic E-state index is 5.34. The van der Waals surface area contributed by atoms with Crippen LogP contribution in [0.2, 0.25) is 0 Å². The van der Waals surface area contributed by atoms with Crippen LogP contribution in [0.3, 0.4) is 0 Å². The van der Waals surface area contributed by atoms with Crippen molar-refractivity contribution in [3.63, 3.8) is 0 Å². The van der Waals surface area contributed by atoms with Crippen LogP contribution in [0.1, 0.15) is 16.8 Å². The predicted molar refractivity (Wildman–Crippen MR) is 86.8 cm³/mol. The SMILES string of the molecule is COc1ccc2[nH]c(C)c(CC[NH2+]Cc3ccc[nH+]c3)c2c1. The van der Waals surface area contributed by atoms with E-state index in [0.717, 1.165) is 25.3 Å². The Morgan fingerprint density at radius 1 is 1.27 bits per heavy atom. The zero-order valence-electron chi connectivity index (χ0n) is 13.1. The van der Waals surface area contributed by atoms with E-state index in [4.69, 9.17) is 4.74 Å². The monoisotopic (exact) mass is 297 g/mol. The van der Waals surface area contributed by atoms with Crippen LogP contribution in [0, 0.1) is 6.92 Å². The lowest BCUT2D eigenvalue weighted by molar-refractivity contribution is -0.670. The molecule has 3 aromatic rings. The van der Waals surface area contributed by atoms with Gasteiger partial charge in [0.15, 0.2) is 12.4 Å². The lowest BCUT2D eigenvalue weighted by Gasteiger charge is -2.03. The lowest BCUT2D eigenvalue weighted by Crippen LogP contribution is -2.83. The van der Waals surface area contributed by atoms with E-state index in [9.17, 15) is 0 Å². The fraction of sp³-hybridized carbons (Fsp3) is 0.278. The zero-order chi connectivity index (χ0) is 15.4.